The van der Waals surface area contributed by atoms with Gasteiger partial charge in [-0.1, -0.05) is 30.3 Å². The monoisotopic (exact) mass is 365 g/mol. The van der Waals surface area contributed by atoms with E-state index in [4.69, 9.17) is 4.74 Å². The summed E-state index contributed by atoms with van der Waals surface area (Å²) in [4.78, 5) is 27.2. The van der Waals surface area contributed by atoms with Gasteiger partial charge in [0.25, 0.3) is 5.91 Å². The number of piperidine rings is 1. The number of rotatable bonds is 3. The zero-order chi connectivity index (χ0) is 18.9. The minimum absolute atomic E-state index is 0.0260. The largest absolute Gasteiger partial charge is 0.481 e. The molecule has 1 atom stereocenters. The lowest BCUT2D eigenvalue weighted by atomic mass is 9.84. The van der Waals surface area contributed by atoms with Gasteiger partial charge in [0.2, 0.25) is 5.91 Å². The third kappa shape index (κ3) is 3.35. The van der Waals surface area contributed by atoms with E-state index in [1.165, 1.54) is 0 Å². The predicted octanol–water partition coefficient (Wildman–Crippen LogP) is 2.88. The van der Waals surface area contributed by atoms with Crippen molar-refractivity contribution < 1.29 is 14.3 Å². The molecule has 6 heteroatoms. The van der Waals surface area contributed by atoms with Gasteiger partial charge in [-0.15, -0.1) is 0 Å². The van der Waals surface area contributed by atoms with E-state index in [0.717, 1.165) is 11.4 Å². The molecule has 2 aliphatic heterocycles. The van der Waals surface area contributed by atoms with E-state index in [0.29, 0.717) is 31.7 Å². The molecule has 0 radical (unpaired) electrons. The second-order valence-electron chi connectivity index (χ2n) is 7.11. The number of hydrogen-bond donors (Lipinski definition) is 2. The van der Waals surface area contributed by atoms with Crippen molar-refractivity contribution in [3.05, 3.63) is 54.6 Å². The Bertz CT molecular complexity index is 845. The number of nitrogens with one attached hydrogen (secondary N) is 2. The summed E-state index contributed by atoms with van der Waals surface area (Å²) in [5.74, 6) is 0.601. The molecular formula is C21H23N3O3. The third-order valence-electron chi connectivity index (χ3n) is 5.32. The molecule has 0 aromatic heterocycles. The molecular weight excluding hydrogens is 342 g/mol. The summed E-state index contributed by atoms with van der Waals surface area (Å²) < 4.78 is 5.75. The van der Waals surface area contributed by atoms with Crippen LogP contribution in [0.1, 0.15) is 19.8 Å². The van der Waals surface area contributed by atoms with Gasteiger partial charge in [-0.05, 0) is 44.0 Å². The Kier molecular flexibility index (Phi) is 4.48. The van der Waals surface area contributed by atoms with Crippen LogP contribution in [0.4, 0.5) is 11.4 Å². The molecule has 27 heavy (non-hydrogen) atoms. The minimum Gasteiger partial charge on any atom is -0.481 e. The van der Waals surface area contributed by atoms with Crippen molar-refractivity contribution in [3.8, 4) is 5.75 Å². The Balaban J connectivity index is 1.40. The average molecular weight is 365 g/mol. The molecule has 2 amide bonds. The van der Waals surface area contributed by atoms with Crippen LogP contribution in [0.15, 0.2) is 54.6 Å². The smallest absolute Gasteiger partial charge is 0.263 e. The first-order valence-electron chi connectivity index (χ1n) is 9.27. The van der Waals surface area contributed by atoms with E-state index in [-0.39, 0.29) is 11.8 Å². The van der Waals surface area contributed by atoms with Crippen LogP contribution < -0.4 is 15.4 Å². The van der Waals surface area contributed by atoms with Crippen molar-refractivity contribution >= 4 is 23.2 Å². The van der Waals surface area contributed by atoms with Gasteiger partial charge in [0, 0.05) is 13.1 Å². The number of likely N-dealkylation sites (tertiary alicyclic amines) is 1. The van der Waals surface area contributed by atoms with E-state index < -0.39 is 11.6 Å². The van der Waals surface area contributed by atoms with Crippen LogP contribution in [0.5, 0.6) is 5.75 Å². The molecule has 2 aliphatic rings. The first-order valence-corrected chi connectivity index (χ1v) is 9.27. The zero-order valence-corrected chi connectivity index (χ0v) is 15.3. The van der Waals surface area contributed by atoms with Crippen molar-refractivity contribution in [1.82, 2.24) is 4.90 Å². The number of carbonyl (C=O) groups excluding carboxylic acids is 2. The molecule has 2 aromatic rings. The molecule has 6 nitrogen and oxygen atoms in total. The Morgan fingerprint density at radius 1 is 1.04 bits per heavy atom. The Morgan fingerprint density at radius 3 is 2.37 bits per heavy atom. The number of amides is 2. The summed E-state index contributed by atoms with van der Waals surface area (Å²) in [6.45, 7) is 2.80. The minimum atomic E-state index is -0.658. The highest BCUT2D eigenvalue weighted by molar-refractivity contribution is 6.06. The maximum Gasteiger partial charge on any atom is 0.263 e. The SMILES string of the molecule is C[C@@H](Oc1ccccc1)C(=O)N1CCC2(CC1)Nc1ccccc1NC2=O. The molecule has 2 heterocycles. The van der Waals surface area contributed by atoms with Gasteiger partial charge >= 0.3 is 0 Å². The topological polar surface area (TPSA) is 70.7 Å². The molecule has 1 saturated heterocycles. The highest BCUT2D eigenvalue weighted by atomic mass is 16.5. The molecule has 0 bridgehead atoms. The van der Waals surface area contributed by atoms with Crippen LogP contribution in [-0.2, 0) is 9.59 Å². The number of hydrogen-bond acceptors (Lipinski definition) is 4. The summed E-state index contributed by atoms with van der Waals surface area (Å²) in [6.07, 6.45) is 0.573. The fourth-order valence-corrected chi connectivity index (χ4v) is 3.73. The molecule has 0 unspecified atom stereocenters. The van der Waals surface area contributed by atoms with Gasteiger partial charge in [-0.3, -0.25) is 9.59 Å². The summed E-state index contributed by atoms with van der Waals surface area (Å²) in [5, 5.41) is 6.40. The van der Waals surface area contributed by atoms with E-state index in [1.807, 2.05) is 54.6 Å². The zero-order valence-electron chi connectivity index (χ0n) is 15.3. The van der Waals surface area contributed by atoms with Crippen LogP contribution in [0.25, 0.3) is 0 Å². The molecule has 0 saturated carbocycles. The molecule has 1 fully saturated rings. The van der Waals surface area contributed by atoms with Gasteiger partial charge < -0.3 is 20.3 Å². The predicted molar refractivity (Wildman–Crippen MR) is 104 cm³/mol. The second-order valence-corrected chi connectivity index (χ2v) is 7.11. The van der Waals surface area contributed by atoms with Gasteiger partial charge in [0.05, 0.1) is 11.4 Å². The summed E-state index contributed by atoms with van der Waals surface area (Å²) in [6, 6.07) is 17.0. The number of nitrogens with zero attached hydrogens (tertiary/aromatic N) is 1. The maximum atomic E-state index is 12.7. The lowest BCUT2D eigenvalue weighted by molar-refractivity contribution is -0.140. The third-order valence-corrected chi connectivity index (χ3v) is 5.32. The Morgan fingerprint density at radius 2 is 1.67 bits per heavy atom. The van der Waals surface area contributed by atoms with Crippen molar-refractivity contribution in [2.75, 3.05) is 23.7 Å². The van der Waals surface area contributed by atoms with E-state index in [1.54, 1.807) is 11.8 Å². The lowest BCUT2D eigenvalue weighted by Gasteiger charge is -2.44. The summed E-state index contributed by atoms with van der Waals surface area (Å²) in [7, 11) is 0. The first-order chi connectivity index (χ1) is 13.1. The maximum absolute atomic E-state index is 12.7. The van der Waals surface area contributed by atoms with Crippen LogP contribution in [0.3, 0.4) is 0 Å². The molecule has 0 aliphatic carbocycles. The number of anilines is 2. The molecule has 140 valence electrons. The van der Waals surface area contributed by atoms with Crippen LogP contribution in [-0.4, -0.2) is 41.4 Å². The Labute approximate surface area is 158 Å². The van der Waals surface area contributed by atoms with Crippen molar-refractivity contribution in [1.29, 1.82) is 0 Å². The van der Waals surface area contributed by atoms with E-state index in [9.17, 15) is 9.59 Å². The summed E-state index contributed by atoms with van der Waals surface area (Å²) in [5.41, 5.74) is 1.07. The number of benzene rings is 2. The summed E-state index contributed by atoms with van der Waals surface area (Å²) >= 11 is 0. The number of fused-ring (bicyclic) bond motifs is 1. The second kappa shape index (κ2) is 6.95. The average Bonchev–Trinajstić information content (AvgIpc) is 2.70. The van der Waals surface area contributed by atoms with Crippen molar-refractivity contribution in [2.45, 2.75) is 31.4 Å². The molecule has 2 N–H and O–H groups in total. The van der Waals surface area contributed by atoms with Crippen molar-refractivity contribution in [3.63, 3.8) is 0 Å². The molecule has 2 aromatic carbocycles. The van der Waals surface area contributed by atoms with Gasteiger partial charge in [-0.25, -0.2) is 0 Å². The lowest BCUT2D eigenvalue weighted by Crippen LogP contribution is -2.59. The molecule has 4 rings (SSSR count). The molecule has 1 spiro atoms. The number of ether oxygens (including phenoxy) is 1. The first kappa shape index (κ1) is 17.4. The van der Waals surface area contributed by atoms with Crippen LogP contribution >= 0.6 is 0 Å². The van der Waals surface area contributed by atoms with Crippen molar-refractivity contribution in [2.24, 2.45) is 0 Å². The fraction of sp³-hybridized carbons (Fsp3) is 0.333. The normalized spacial score (nSPS) is 18.9. The van der Waals surface area contributed by atoms with E-state index in [2.05, 4.69) is 10.6 Å². The van der Waals surface area contributed by atoms with Gasteiger partial charge in [0.15, 0.2) is 6.10 Å². The quantitative estimate of drug-likeness (QED) is 0.877. The van der Waals surface area contributed by atoms with E-state index >= 15 is 0 Å². The highest BCUT2D eigenvalue weighted by Crippen LogP contribution is 2.36. The van der Waals surface area contributed by atoms with Gasteiger partial charge in [0.1, 0.15) is 11.3 Å². The number of para-hydroxylation sites is 3. The van der Waals surface area contributed by atoms with Crippen LogP contribution in [0.2, 0.25) is 0 Å². The fourth-order valence-electron chi connectivity index (χ4n) is 3.73. The van der Waals surface area contributed by atoms with Gasteiger partial charge in [-0.2, -0.15) is 0 Å². The van der Waals surface area contributed by atoms with Crippen LogP contribution in [0, 0.1) is 0 Å². The standard InChI is InChI=1S/C21H23N3O3/c1-15(27-16-7-3-2-4-8-16)19(25)24-13-11-21(12-14-24)20(26)22-17-9-5-6-10-18(17)23-21/h2-10,15,23H,11-14H2,1H3,(H,22,26)/t15-/m1/s1. The number of carbonyl (C=O) groups is 2. The Hall–Kier alpha value is -3.02. The highest BCUT2D eigenvalue weighted by Gasteiger charge is 2.45.